The van der Waals surface area contributed by atoms with Crippen LogP contribution in [0, 0.1) is 6.92 Å². The molecule has 0 unspecified atom stereocenters. The molecule has 2 heterocycles. The predicted molar refractivity (Wildman–Crippen MR) is 104 cm³/mol. The molecule has 1 fully saturated rings. The molecule has 0 bridgehead atoms. The van der Waals surface area contributed by atoms with E-state index in [1.807, 2.05) is 0 Å². The number of hydrogen-bond acceptors (Lipinski definition) is 3. The minimum absolute atomic E-state index is 0.344. The number of likely N-dealkylation sites (tertiary alicyclic amines) is 1. The van der Waals surface area contributed by atoms with Gasteiger partial charge >= 0.3 is 0 Å². The Morgan fingerprint density at radius 2 is 1.69 bits per heavy atom. The number of rotatable bonds is 5. The van der Waals surface area contributed by atoms with Gasteiger partial charge in [-0.3, -0.25) is 4.90 Å². The van der Waals surface area contributed by atoms with Crippen LogP contribution in [-0.4, -0.2) is 26.2 Å². The lowest BCUT2D eigenvalue weighted by atomic mass is 10.00. The van der Waals surface area contributed by atoms with Crippen molar-refractivity contribution in [2.75, 3.05) is 6.54 Å². The summed E-state index contributed by atoms with van der Waals surface area (Å²) in [6.45, 7) is 5.00. The summed E-state index contributed by atoms with van der Waals surface area (Å²) in [5, 5.41) is 4.53. The fourth-order valence-corrected chi connectivity index (χ4v) is 3.81. The molecular formula is C22H26N4. The molecule has 3 aromatic rings. The summed E-state index contributed by atoms with van der Waals surface area (Å²) in [7, 11) is 0. The van der Waals surface area contributed by atoms with Crippen LogP contribution in [0.4, 0.5) is 0 Å². The maximum absolute atomic E-state index is 4.66. The molecular weight excluding hydrogens is 320 g/mol. The minimum Gasteiger partial charge on any atom is -0.289 e. The summed E-state index contributed by atoms with van der Waals surface area (Å²) in [5.74, 6) is 1.10. The molecule has 1 aromatic heterocycles. The first-order valence-electron chi connectivity index (χ1n) is 9.51. The standard InChI is InChI=1S/C22H26N4/c1-18-10-12-20(13-11-18)16-26-22(23-17-24-26)21-9-5-6-14-25(21)15-19-7-3-2-4-8-19/h2-4,7-8,10-13,17,21H,5-6,9,14-16H2,1H3/t21-/m0/s1. The maximum Gasteiger partial charge on any atom is 0.144 e. The summed E-state index contributed by atoms with van der Waals surface area (Å²) >= 11 is 0. The number of aryl methyl sites for hydroxylation is 1. The highest BCUT2D eigenvalue weighted by molar-refractivity contribution is 5.22. The second-order valence-electron chi connectivity index (χ2n) is 7.23. The molecule has 0 radical (unpaired) electrons. The molecule has 4 nitrogen and oxygen atoms in total. The minimum atomic E-state index is 0.344. The third kappa shape index (κ3) is 3.86. The van der Waals surface area contributed by atoms with Crippen molar-refractivity contribution in [3.05, 3.63) is 83.4 Å². The number of nitrogens with zero attached hydrogens (tertiary/aromatic N) is 4. The van der Waals surface area contributed by atoms with Gasteiger partial charge in [0.15, 0.2) is 0 Å². The Labute approximate surface area is 155 Å². The lowest BCUT2D eigenvalue weighted by molar-refractivity contribution is 0.130. The molecule has 134 valence electrons. The van der Waals surface area contributed by atoms with Crippen LogP contribution in [0.5, 0.6) is 0 Å². The van der Waals surface area contributed by atoms with E-state index in [0.717, 1.165) is 31.9 Å². The average molecular weight is 346 g/mol. The quantitative estimate of drug-likeness (QED) is 0.688. The fourth-order valence-electron chi connectivity index (χ4n) is 3.81. The molecule has 0 N–H and O–H groups in total. The Morgan fingerprint density at radius 3 is 2.50 bits per heavy atom. The van der Waals surface area contributed by atoms with Gasteiger partial charge in [0, 0.05) is 6.54 Å². The van der Waals surface area contributed by atoms with Gasteiger partial charge in [0.25, 0.3) is 0 Å². The van der Waals surface area contributed by atoms with Crippen LogP contribution in [-0.2, 0) is 13.1 Å². The third-order valence-electron chi connectivity index (χ3n) is 5.24. The van der Waals surface area contributed by atoms with Crippen LogP contribution in [0.1, 0.15) is 47.8 Å². The summed E-state index contributed by atoms with van der Waals surface area (Å²) in [5.41, 5.74) is 3.92. The lowest BCUT2D eigenvalue weighted by Crippen LogP contribution is -2.34. The normalized spacial score (nSPS) is 18.1. The van der Waals surface area contributed by atoms with E-state index < -0.39 is 0 Å². The molecule has 1 aliphatic heterocycles. The van der Waals surface area contributed by atoms with Crippen molar-refractivity contribution in [2.45, 2.75) is 45.3 Å². The van der Waals surface area contributed by atoms with E-state index in [2.05, 4.69) is 81.2 Å². The molecule has 4 heteroatoms. The summed E-state index contributed by atoms with van der Waals surface area (Å²) in [6, 6.07) is 19.8. The summed E-state index contributed by atoms with van der Waals surface area (Å²) < 4.78 is 2.08. The van der Waals surface area contributed by atoms with E-state index in [9.17, 15) is 0 Å². The predicted octanol–water partition coefficient (Wildman–Crippen LogP) is 4.36. The fraction of sp³-hybridized carbons (Fsp3) is 0.364. The second kappa shape index (κ2) is 7.83. The number of aromatic nitrogens is 3. The van der Waals surface area contributed by atoms with Crippen molar-refractivity contribution in [1.29, 1.82) is 0 Å². The zero-order valence-corrected chi connectivity index (χ0v) is 15.4. The van der Waals surface area contributed by atoms with Crippen LogP contribution >= 0.6 is 0 Å². The molecule has 26 heavy (non-hydrogen) atoms. The summed E-state index contributed by atoms with van der Waals surface area (Å²) in [6.07, 6.45) is 5.38. The first-order chi connectivity index (χ1) is 12.8. The zero-order chi connectivity index (χ0) is 17.8. The number of benzene rings is 2. The second-order valence-corrected chi connectivity index (χ2v) is 7.23. The Hall–Kier alpha value is -2.46. The van der Waals surface area contributed by atoms with Crippen LogP contribution in [0.15, 0.2) is 60.9 Å². The zero-order valence-electron chi connectivity index (χ0n) is 15.4. The van der Waals surface area contributed by atoms with Crippen molar-refractivity contribution in [3.63, 3.8) is 0 Å². The smallest absolute Gasteiger partial charge is 0.144 e. The number of piperidine rings is 1. The molecule has 0 aliphatic carbocycles. The molecule has 0 amide bonds. The van der Waals surface area contributed by atoms with Gasteiger partial charge in [-0.1, -0.05) is 66.6 Å². The highest BCUT2D eigenvalue weighted by Gasteiger charge is 2.28. The van der Waals surface area contributed by atoms with Crippen molar-refractivity contribution in [1.82, 2.24) is 19.7 Å². The first kappa shape index (κ1) is 17.0. The van der Waals surface area contributed by atoms with Gasteiger partial charge in [-0.25, -0.2) is 9.67 Å². The van der Waals surface area contributed by atoms with Gasteiger partial charge < -0.3 is 0 Å². The van der Waals surface area contributed by atoms with Crippen LogP contribution in [0.3, 0.4) is 0 Å². The van der Waals surface area contributed by atoms with Crippen molar-refractivity contribution in [3.8, 4) is 0 Å². The molecule has 1 aliphatic rings. The van der Waals surface area contributed by atoms with E-state index in [1.165, 1.54) is 29.5 Å². The maximum atomic E-state index is 4.66. The van der Waals surface area contributed by atoms with Gasteiger partial charge in [-0.15, -0.1) is 0 Å². The van der Waals surface area contributed by atoms with Gasteiger partial charge in [-0.05, 0) is 37.4 Å². The van der Waals surface area contributed by atoms with Crippen molar-refractivity contribution < 1.29 is 0 Å². The Bertz CT molecular complexity index is 823. The molecule has 1 saturated heterocycles. The van der Waals surface area contributed by atoms with Crippen LogP contribution in [0.25, 0.3) is 0 Å². The summed E-state index contributed by atoms with van der Waals surface area (Å²) in [4.78, 5) is 7.22. The van der Waals surface area contributed by atoms with Gasteiger partial charge in [0.1, 0.15) is 12.2 Å². The molecule has 1 atom stereocenters. The third-order valence-corrected chi connectivity index (χ3v) is 5.24. The van der Waals surface area contributed by atoms with Crippen LogP contribution in [0.2, 0.25) is 0 Å². The topological polar surface area (TPSA) is 34.0 Å². The SMILES string of the molecule is Cc1ccc(Cn2ncnc2[C@@H]2CCCCN2Cc2ccccc2)cc1. The van der Waals surface area contributed by atoms with E-state index >= 15 is 0 Å². The molecule has 0 saturated carbocycles. The largest absolute Gasteiger partial charge is 0.289 e. The molecule has 4 rings (SSSR count). The van der Waals surface area contributed by atoms with E-state index in [1.54, 1.807) is 6.33 Å². The first-order valence-corrected chi connectivity index (χ1v) is 9.51. The molecule has 2 aromatic carbocycles. The van der Waals surface area contributed by atoms with Crippen molar-refractivity contribution in [2.24, 2.45) is 0 Å². The monoisotopic (exact) mass is 346 g/mol. The van der Waals surface area contributed by atoms with E-state index in [0.29, 0.717) is 6.04 Å². The number of hydrogen-bond donors (Lipinski definition) is 0. The van der Waals surface area contributed by atoms with Crippen LogP contribution < -0.4 is 0 Å². The Morgan fingerprint density at radius 1 is 0.923 bits per heavy atom. The Kier molecular flexibility index (Phi) is 5.12. The van der Waals surface area contributed by atoms with E-state index in [4.69, 9.17) is 0 Å². The highest BCUT2D eigenvalue weighted by Crippen LogP contribution is 2.31. The van der Waals surface area contributed by atoms with Crippen molar-refractivity contribution >= 4 is 0 Å². The van der Waals surface area contributed by atoms with Gasteiger partial charge in [-0.2, -0.15) is 5.10 Å². The van der Waals surface area contributed by atoms with Gasteiger partial charge in [0.05, 0.1) is 12.6 Å². The highest BCUT2D eigenvalue weighted by atomic mass is 15.4. The van der Waals surface area contributed by atoms with Gasteiger partial charge in [0.2, 0.25) is 0 Å². The average Bonchev–Trinajstić information content (AvgIpc) is 3.13. The lowest BCUT2D eigenvalue weighted by Gasteiger charge is -2.35. The molecule has 0 spiro atoms. The Balaban J connectivity index is 1.55. The van der Waals surface area contributed by atoms with E-state index in [-0.39, 0.29) is 0 Å².